The number of fused-ring (bicyclic) bond motifs is 1. The van der Waals surface area contributed by atoms with E-state index in [-0.39, 0.29) is 11.5 Å². The van der Waals surface area contributed by atoms with Crippen molar-refractivity contribution in [2.45, 2.75) is 6.67 Å². The number of rotatable bonds is 3. The van der Waals surface area contributed by atoms with Crippen LogP contribution in [0.5, 0.6) is 0 Å². The topological polar surface area (TPSA) is 45.8 Å². The molecule has 3 heterocycles. The van der Waals surface area contributed by atoms with Crippen molar-refractivity contribution in [1.82, 2.24) is 24.0 Å². The highest BCUT2D eigenvalue weighted by Crippen LogP contribution is 2.21. The van der Waals surface area contributed by atoms with Crippen LogP contribution in [0.3, 0.4) is 0 Å². The lowest BCUT2D eigenvalue weighted by Crippen LogP contribution is -2.49. The monoisotopic (exact) mass is 439 g/mol. The molecule has 0 unspecified atom stereocenters. The third kappa shape index (κ3) is 3.65. The van der Waals surface area contributed by atoms with E-state index in [4.69, 9.17) is 35.4 Å². The third-order valence-electron chi connectivity index (χ3n) is 4.70. The van der Waals surface area contributed by atoms with Crippen LogP contribution in [0.4, 0.5) is 4.39 Å². The molecule has 0 radical (unpaired) electrons. The number of amides is 1. The van der Waals surface area contributed by atoms with E-state index in [0.29, 0.717) is 53.3 Å². The highest BCUT2D eigenvalue weighted by Gasteiger charge is 2.24. The molecule has 1 aliphatic heterocycles. The first-order chi connectivity index (χ1) is 13.4. The Hall–Kier alpha value is -2.00. The van der Waals surface area contributed by atoms with Gasteiger partial charge in [-0.3, -0.25) is 14.1 Å². The Balaban J connectivity index is 1.45. The summed E-state index contributed by atoms with van der Waals surface area (Å²) in [6.45, 7) is 2.73. The minimum Gasteiger partial charge on any atom is -0.336 e. The van der Waals surface area contributed by atoms with Crippen LogP contribution in [0.25, 0.3) is 5.65 Å². The van der Waals surface area contributed by atoms with Crippen molar-refractivity contribution < 1.29 is 9.18 Å². The van der Waals surface area contributed by atoms with Gasteiger partial charge in [-0.2, -0.15) is 0 Å². The highest BCUT2D eigenvalue weighted by molar-refractivity contribution is 7.71. The Kier molecular flexibility index (Phi) is 5.37. The first kappa shape index (κ1) is 19.3. The average molecular weight is 440 g/mol. The van der Waals surface area contributed by atoms with E-state index in [0.717, 1.165) is 0 Å². The van der Waals surface area contributed by atoms with Gasteiger partial charge in [-0.25, -0.2) is 9.07 Å². The molecule has 0 atom stereocenters. The summed E-state index contributed by atoms with van der Waals surface area (Å²) in [5.41, 5.74) is 0.648. The molecule has 1 amide bonds. The zero-order chi connectivity index (χ0) is 19.8. The largest absolute Gasteiger partial charge is 0.336 e. The van der Waals surface area contributed by atoms with E-state index in [9.17, 15) is 9.18 Å². The fraction of sp³-hybridized carbons (Fsp3) is 0.278. The lowest BCUT2D eigenvalue weighted by molar-refractivity contribution is 0.0581. The van der Waals surface area contributed by atoms with Crippen LogP contribution in [-0.4, -0.2) is 56.1 Å². The predicted molar refractivity (Wildman–Crippen MR) is 108 cm³/mol. The summed E-state index contributed by atoms with van der Waals surface area (Å²) >= 11 is 17.7. The van der Waals surface area contributed by atoms with E-state index in [1.54, 1.807) is 38.4 Å². The lowest BCUT2D eigenvalue weighted by Gasteiger charge is -2.34. The second-order valence-corrected chi connectivity index (χ2v) is 7.72. The van der Waals surface area contributed by atoms with E-state index in [1.165, 1.54) is 12.1 Å². The summed E-state index contributed by atoms with van der Waals surface area (Å²) in [5, 5.41) is 5.38. The molecule has 0 spiro atoms. The molecule has 1 aliphatic rings. The van der Waals surface area contributed by atoms with Gasteiger partial charge in [0.05, 0.1) is 22.3 Å². The molecule has 1 saturated heterocycles. The number of pyridine rings is 1. The minimum atomic E-state index is -0.499. The van der Waals surface area contributed by atoms with Gasteiger partial charge in [0.15, 0.2) is 5.65 Å². The Morgan fingerprint density at radius 3 is 2.61 bits per heavy atom. The van der Waals surface area contributed by atoms with Crippen molar-refractivity contribution in [1.29, 1.82) is 0 Å². The second-order valence-electron chi connectivity index (χ2n) is 6.51. The zero-order valence-corrected chi connectivity index (χ0v) is 17.0. The van der Waals surface area contributed by atoms with Crippen molar-refractivity contribution >= 4 is 47.0 Å². The van der Waals surface area contributed by atoms with Crippen LogP contribution in [0.1, 0.15) is 10.4 Å². The first-order valence-corrected chi connectivity index (χ1v) is 9.81. The van der Waals surface area contributed by atoms with E-state index >= 15 is 0 Å². The van der Waals surface area contributed by atoms with Crippen molar-refractivity contribution in [2.24, 2.45) is 0 Å². The van der Waals surface area contributed by atoms with E-state index in [2.05, 4.69) is 10.00 Å². The fourth-order valence-electron chi connectivity index (χ4n) is 3.22. The molecule has 1 aromatic carbocycles. The van der Waals surface area contributed by atoms with E-state index < -0.39 is 5.82 Å². The molecular weight excluding hydrogens is 424 g/mol. The molecule has 10 heteroatoms. The van der Waals surface area contributed by atoms with Crippen LogP contribution in [-0.2, 0) is 6.67 Å². The van der Waals surface area contributed by atoms with E-state index in [1.807, 2.05) is 0 Å². The maximum absolute atomic E-state index is 13.9. The van der Waals surface area contributed by atoms with Gasteiger partial charge in [0, 0.05) is 32.4 Å². The molecule has 4 rings (SSSR count). The Bertz CT molecular complexity index is 1110. The molecule has 6 nitrogen and oxygen atoms in total. The average Bonchev–Trinajstić information content (AvgIpc) is 2.99. The second kappa shape index (κ2) is 7.79. The summed E-state index contributed by atoms with van der Waals surface area (Å²) < 4.78 is 17.7. The van der Waals surface area contributed by atoms with Crippen molar-refractivity contribution in [3.05, 3.63) is 62.7 Å². The van der Waals surface area contributed by atoms with Gasteiger partial charge in [0.1, 0.15) is 5.82 Å². The van der Waals surface area contributed by atoms with Crippen molar-refractivity contribution in [3.63, 3.8) is 0 Å². The summed E-state index contributed by atoms with van der Waals surface area (Å²) in [7, 11) is 0. The van der Waals surface area contributed by atoms with Crippen molar-refractivity contribution in [3.8, 4) is 0 Å². The molecule has 28 heavy (non-hydrogen) atoms. The van der Waals surface area contributed by atoms with Gasteiger partial charge in [0.25, 0.3) is 5.91 Å². The summed E-state index contributed by atoms with van der Waals surface area (Å²) in [6.07, 6.45) is 1.68. The number of aromatic nitrogens is 3. The number of hydrogen-bond acceptors (Lipinski definition) is 4. The summed E-state index contributed by atoms with van der Waals surface area (Å²) in [4.78, 5) is 16.3. The summed E-state index contributed by atoms with van der Waals surface area (Å²) in [6, 6.07) is 7.66. The number of benzene rings is 1. The molecule has 1 fully saturated rings. The number of piperazine rings is 1. The number of carbonyl (C=O) groups is 1. The summed E-state index contributed by atoms with van der Waals surface area (Å²) in [5.74, 6) is -0.787. The number of hydrogen-bond donors (Lipinski definition) is 0. The Morgan fingerprint density at radius 2 is 1.89 bits per heavy atom. The standard InChI is InChI=1S/C18H16Cl2FN5OS/c19-12-9-14(20)16-22-26(18(28)25(16)10-12)11-23-5-7-24(8-6-23)17(27)13-3-1-2-4-15(13)21/h1-4,9-10H,5-8,11H2. The fourth-order valence-corrected chi connectivity index (χ4v) is 3.97. The van der Waals surface area contributed by atoms with Gasteiger partial charge in [0.2, 0.25) is 4.77 Å². The van der Waals surface area contributed by atoms with Gasteiger partial charge in [-0.1, -0.05) is 35.3 Å². The van der Waals surface area contributed by atoms with Gasteiger partial charge in [-0.15, -0.1) is 5.10 Å². The van der Waals surface area contributed by atoms with Crippen LogP contribution in [0.15, 0.2) is 36.5 Å². The molecular formula is C18H16Cl2FN5OS. The van der Waals surface area contributed by atoms with Crippen molar-refractivity contribution in [2.75, 3.05) is 26.2 Å². The lowest BCUT2D eigenvalue weighted by atomic mass is 10.1. The van der Waals surface area contributed by atoms with Crippen LogP contribution in [0.2, 0.25) is 10.0 Å². The van der Waals surface area contributed by atoms with Gasteiger partial charge < -0.3 is 4.90 Å². The van der Waals surface area contributed by atoms with Crippen LogP contribution < -0.4 is 0 Å². The quantitative estimate of drug-likeness (QED) is 0.583. The molecule has 0 N–H and O–H groups in total. The molecule has 0 saturated carbocycles. The maximum atomic E-state index is 13.9. The maximum Gasteiger partial charge on any atom is 0.256 e. The number of carbonyl (C=O) groups excluding carboxylic acids is 1. The number of nitrogens with zero attached hydrogens (tertiary/aromatic N) is 5. The smallest absolute Gasteiger partial charge is 0.256 e. The van der Waals surface area contributed by atoms with Crippen LogP contribution >= 0.6 is 35.4 Å². The molecule has 2 aromatic heterocycles. The molecule has 3 aromatic rings. The van der Waals surface area contributed by atoms with Gasteiger partial charge >= 0.3 is 0 Å². The minimum absolute atomic E-state index is 0.102. The Morgan fingerprint density at radius 1 is 1.18 bits per heavy atom. The number of halogens is 3. The van der Waals surface area contributed by atoms with Crippen LogP contribution in [0, 0.1) is 10.6 Å². The third-order valence-corrected chi connectivity index (χ3v) is 5.59. The highest BCUT2D eigenvalue weighted by atomic mass is 35.5. The van der Waals surface area contributed by atoms with Gasteiger partial charge in [-0.05, 0) is 30.4 Å². The molecule has 0 aliphatic carbocycles. The molecule has 0 bridgehead atoms. The Labute approximate surface area is 175 Å². The zero-order valence-electron chi connectivity index (χ0n) is 14.7. The normalized spacial score (nSPS) is 15.3. The SMILES string of the molecule is O=C(c1ccccc1F)N1CCN(Cn2nc3c(Cl)cc(Cl)cn3c2=S)CC1. The predicted octanol–water partition coefficient (Wildman–Crippen LogP) is 3.73. The molecule has 146 valence electrons. The first-order valence-electron chi connectivity index (χ1n) is 8.64.